The van der Waals surface area contributed by atoms with Gasteiger partial charge in [0.1, 0.15) is 6.54 Å². The molecule has 4 N–H and O–H groups in total. The number of unbranched alkanes of at least 4 members (excludes halogenated alkanes) is 2. The summed E-state index contributed by atoms with van der Waals surface area (Å²) >= 11 is 0. The van der Waals surface area contributed by atoms with E-state index in [1.165, 1.54) is 28.0 Å². The summed E-state index contributed by atoms with van der Waals surface area (Å²) in [5.74, 6) is 1.34. The molecule has 224 valence electrons. The second-order valence-electron chi connectivity index (χ2n) is 8.86. The molecular formula is C27H27F3N4O8. The SMILES string of the molecule is NCCCCC#Cc1ccc2c(c1)C(=O)N(CCC(=O)O)CC(=O)N2Cc1cccc([N+](=O)[O-])c1.O=C(O)C(F)(F)F. The Morgan fingerprint density at radius 1 is 1.10 bits per heavy atom. The average Bonchev–Trinajstić information content (AvgIpc) is 3.02. The van der Waals surface area contributed by atoms with E-state index in [4.69, 9.17) is 20.7 Å². The summed E-state index contributed by atoms with van der Waals surface area (Å²) in [5, 5.41) is 27.4. The van der Waals surface area contributed by atoms with Crippen molar-refractivity contribution in [1.82, 2.24) is 4.90 Å². The maximum Gasteiger partial charge on any atom is 0.490 e. The first-order valence-electron chi connectivity index (χ1n) is 12.4. The number of carboxylic acid groups (broad SMARTS) is 2. The van der Waals surface area contributed by atoms with Gasteiger partial charge in [0.25, 0.3) is 11.6 Å². The summed E-state index contributed by atoms with van der Waals surface area (Å²) in [7, 11) is 0. The highest BCUT2D eigenvalue weighted by Crippen LogP contribution is 2.29. The number of carbonyl (C=O) groups is 4. The van der Waals surface area contributed by atoms with Crippen molar-refractivity contribution >= 4 is 35.1 Å². The van der Waals surface area contributed by atoms with Crippen molar-refractivity contribution in [2.24, 2.45) is 5.73 Å². The van der Waals surface area contributed by atoms with E-state index < -0.39 is 34.9 Å². The molecule has 12 nitrogen and oxygen atoms in total. The molecule has 0 radical (unpaired) electrons. The molecule has 0 aromatic heterocycles. The van der Waals surface area contributed by atoms with Crippen LogP contribution in [0, 0.1) is 22.0 Å². The zero-order valence-corrected chi connectivity index (χ0v) is 22.1. The molecule has 2 aromatic rings. The minimum atomic E-state index is -5.08. The molecule has 3 rings (SSSR count). The van der Waals surface area contributed by atoms with Crippen molar-refractivity contribution in [3.8, 4) is 11.8 Å². The van der Waals surface area contributed by atoms with Crippen molar-refractivity contribution in [2.45, 2.75) is 38.4 Å². The molecule has 42 heavy (non-hydrogen) atoms. The number of non-ortho nitro benzene ring substituents is 1. The number of carboxylic acids is 2. The molecule has 0 bridgehead atoms. The first-order chi connectivity index (χ1) is 19.7. The van der Waals surface area contributed by atoms with Crippen molar-refractivity contribution < 1.29 is 47.5 Å². The van der Waals surface area contributed by atoms with Gasteiger partial charge in [-0.05, 0) is 43.1 Å². The number of hydrogen-bond acceptors (Lipinski definition) is 7. The van der Waals surface area contributed by atoms with Crippen LogP contribution in [-0.4, -0.2) is 69.6 Å². The lowest BCUT2D eigenvalue weighted by molar-refractivity contribution is -0.384. The van der Waals surface area contributed by atoms with Gasteiger partial charge in [0.05, 0.1) is 29.1 Å². The fourth-order valence-corrected chi connectivity index (χ4v) is 3.70. The van der Waals surface area contributed by atoms with Gasteiger partial charge in [0, 0.05) is 30.7 Å². The van der Waals surface area contributed by atoms with E-state index in [9.17, 15) is 37.7 Å². The van der Waals surface area contributed by atoms with Crippen LogP contribution in [0.4, 0.5) is 24.5 Å². The number of nitrogens with two attached hydrogens (primary N) is 1. The van der Waals surface area contributed by atoms with Crippen LogP contribution >= 0.6 is 0 Å². The summed E-state index contributed by atoms with van der Waals surface area (Å²) in [6.45, 7) is 0.169. The van der Waals surface area contributed by atoms with Crippen molar-refractivity contribution in [2.75, 3.05) is 24.5 Å². The van der Waals surface area contributed by atoms with Gasteiger partial charge in [0.2, 0.25) is 5.91 Å². The molecule has 1 aliphatic rings. The Morgan fingerprint density at radius 2 is 1.79 bits per heavy atom. The van der Waals surface area contributed by atoms with Gasteiger partial charge in [-0.3, -0.25) is 24.5 Å². The third kappa shape index (κ3) is 9.89. The Kier molecular flexibility index (Phi) is 12.0. The van der Waals surface area contributed by atoms with Crippen LogP contribution in [0.15, 0.2) is 42.5 Å². The number of amides is 2. The molecule has 2 aromatic carbocycles. The van der Waals surface area contributed by atoms with Gasteiger partial charge in [-0.2, -0.15) is 13.2 Å². The highest BCUT2D eigenvalue weighted by atomic mass is 19.4. The van der Waals surface area contributed by atoms with Gasteiger partial charge in [-0.25, -0.2) is 4.79 Å². The van der Waals surface area contributed by atoms with E-state index in [2.05, 4.69) is 11.8 Å². The van der Waals surface area contributed by atoms with E-state index in [0.717, 1.165) is 12.8 Å². The highest BCUT2D eigenvalue weighted by molar-refractivity contribution is 6.09. The molecule has 0 spiro atoms. The zero-order chi connectivity index (χ0) is 31.4. The van der Waals surface area contributed by atoms with Gasteiger partial charge < -0.3 is 25.7 Å². The number of rotatable bonds is 9. The third-order valence-corrected chi connectivity index (χ3v) is 5.72. The Morgan fingerprint density at radius 3 is 2.38 bits per heavy atom. The third-order valence-electron chi connectivity index (χ3n) is 5.72. The number of hydrogen-bond donors (Lipinski definition) is 3. The number of carbonyl (C=O) groups excluding carboxylic acids is 2. The normalized spacial score (nSPS) is 12.8. The smallest absolute Gasteiger partial charge is 0.481 e. The van der Waals surface area contributed by atoms with Crippen molar-refractivity contribution in [3.63, 3.8) is 0 Å². The number of nitro groups is 1. The first kappa shape index (κ1) is 33.2. The van der Waals surface area contributed by atoms with Crippen LogP contribution in [-0.2, 0) is 20.9 Å². The maximum atomic E-state index is 13.3. The first-order valence-corrected chi connectivity index (χ1v) is 12.4. The molecule has 0 saturated heterocycles. The fourth-order valence-electron chi connectivity index (χ4n) is 3.70. The molecule has 0 aliphatic carbocycles. The topological polar surface area (TPSA) is 184 Å². The number of halogens is 3. The van der Waals surface area contributed by atoms with Gasteiger partial charge in [-0.15, -0.1) is 0 Å². The van der Waals surface area contributed by atoms with E-state index in [-0.39, 0.29) is 37.3 Å². The molecule has 1 aliphatic heterocycles. The summed E-state index contributed by atoms with van der Waals surface area (Å²) in [5.41, 5.74) is 7.07. The number of aliphatic carboxylic acids is 2. The minimum Gasteiger partial charge on any atom is -0.481 e. The maximum absolute atomic E-state index is 13.3. The quantitative estimate of drug-likeness (QED) is 0.170. The molecule has 15 heteroatoms. The van der Waals surface area contributed by atoms with Crippen LogP contribution in [0.2, 0.25) is 0 Å². The Hall–Kier alpha value is -4.97. The Balaban J connectivity index is 0.000000782. The van der Waals surface area contributed by atoms with Crippen LogP contribution in [0.5, 0.6) is 0 Å². The van der Waals surface area contributed by atoms with Gasteiger partial charge >= 0.3 is 18.1 Å². The van der Waals surface area contributed by atoms with Crippen molar-refractivity contribution in [3.05, 3.63) is 69.3 Å². The number of benzene rings is 2. The number of nitro benzene ring substituents is 1. The van der Waals surface area contributed by atoms with Gasteiger partial charge in [0.15, 0.2) is 0 Å². The predicted molar refractivity (Wildman–Crippen MR) is 142 cm³/mol. The average molecular weight is 593 g/mol. The number of alkyl halides is 3. The summed E-state index contributed by atoms with van der Waals surface area (Å²) in [6.07, 6.45) is -3.00. The second-order valence-corrected chi connectivity index (χ2v) is 8.86. The predicted octanol–water partition coefficient (Wildman–Crippen LogP) is 3.17. The number of nitrogens with zero attached hydrogens (tertiary/aromatic N) is 3. The van der Waals surface area contributed by atoms with Crippen LogP contribution in [0.25, 0.3) is 0 Å². The lowest BCUT2D eigenvalue weighted by Gasteiger charge is -2.23. The Labute approximate surface area is 237 Å². The lowest BCUT2D eigenvalue weighted by atomic mass is 10.1. The minimum absolute atomic E-state index is 0.0116. The van der Waals surface area contributed by atoms with Crippen molar-refractivity contribution in [1.29, 1.82) is 0 Å². The molecular weight excluding hydrogens is 565 g/mol. The molecule has 2 amide bonds. The number of anilines is 1. The standard InChI is InChI=1S/C25H26N4O6.C2HF3O2/c26-12-4-2-1-3-6-18-9-10-22-21(15-18)25(33)27(13-11-24(31)32)17-23(30)28(22)16-19-7-5-8-20(14-19)29(34)35;3-2(4,5)1(6)7/h5,7-10,14-15H,1-2,4,11-13,16-17,26H2,(H,31,32);(H,6,7). The summed E-state index contributed by atoms with van der Waals surface area (Å²) in [4.78, 5) is 59.7. The summed E-state index contributed by atoms with van der Waals surface area (Å²) < 4.78 is 31.7. The highest BCUT2D eigenvalue weighted by Gasteiger charge is 2.38. The van der Waals surface area contributed by atoms with E-state index in [1.807, 2.05) is 0 Å². The molecule has 0 saturated carbocycles. The lowest BCUT2D eigenvalue weighted by Crippen LogP contribution is -2.40. The fraction of sp³-hybridized carbons (Fsp3) is 0.333. The molecule has 0 fully saturated rings. The monoisotopic (exact) mass is 592 g/mol. The largest absolute Gasteiger partial charge is 0.490 e. The molecule has 0 unspecified atom stereocenters. The second kappa shape index (κ2) is 15.1. The molecule has 1 heterocycles. The summed E-state index contributed by atoms with van der Waals surface area (Å²) in [6, 6.07) is 10.9. The van der Waals surface area contributed by atoms with E-state index in [0.29, 0.717) is 29.8 Å². The van der Waals surface area contributed by atoms with E-state index >= 15 is 0 Å². The van der Waals surface area contributed by atoms with E-state index in [1.54, 1.807) is 24.3 Å². The van der Waals surface area contributed by atoms with Crippen LogP contribution < -0.4 is 10.6 Å². The molecule has 0 atom stereocenters. The Bertz CT molecular complexity index is 1400. The number of fused-ring (bicyclic) bond motifs is 1. The van der Waals surface area contributed by atoms with Crippen LogP contribution in [0.3, 0.4) is 0 Å². The van der Waals surface area contributed by atoms with Crippen LogP contribution in [0.1, 0.15) is 47.2 Å². The van der Waals surface area contributed by atoms with Gasteiger partial charge in [-0.1, -0.05) is 24.0 Å². The zero-order valence-electron chi connectivity index (χ0n) is 22.1.